The fraction of sp³-hybridized carbons (Fsp3) is 0.667. The van der Waals surface area contributed by atoms with E-state index in [1.165, 1.54) is 12.5 Å². The summed E-state index contributed by atoms with van der Waals surface area (Å²) in [7, 11) is 0. The van der Waals surface area contributed by atoms with Gasteiger partial charge in [0.25, 0.3) is 0 Å². The Hall–Kier alpha value is -1.46. The van der Waals surface area contributed by atoms with Gasteiger partial charge in [0.2, 0.25) is 5.91 Å². The molecule has 1 amide bonds. The molecule has 2 aliphatic rings. The van der Waals surface area contributed by atoms with E-state index in [1.807, 2.05) is 11.0 Å². The quantitative estimate of drug-likeness (QED) is 0.846. The highest BCUT2D eigenvalue weighted by atomic mass is 19.1. The van der Waals surface area contributed by atoms with Crippen LogP contribution in [0.1, 0.15) is 63.1 Å². The summed E-state index contributed by atoms with van der Waals surface area (Å²) in [6.07, 6.45) is 5.61. The van der Waals surface area contributed by atoms with Gasteiger partial charge in [0.05, 0.1) is 18.2 Å². The van der Waals surface area contributed by atoms with Crippen molar-refractivity contribution in [3.05, 3.63) is 35.1 Å². The minimum atomic E-state index is -0.665. The number of nitrogens with zero attached hydrogens (tertiary/aromatic N) is 1. The highest BCUT2D eigenvalue weighted by molar-refractivity contribution is 5.79. The molecular weight excluding hydrogens is 331 g/mol. The van der Waals surface area contributed by atoms with Crippen LogP contribution < -0.4 is 5.32 Å². The number of carbonyl (C=O) groups is 1. The minimum absolute atomic E-state index is 0.0218. The smallest absolute Gasteiger partial charge is 0.237 e. The molecule has 3 rings (SSSR count). The molecule has 4 nitrogen and oxygen atoms in total. The summed E-state index contributed by atoms with van der Waals surface area (Å²) < 4.78 is 13.5. The van der Waals surface area contributed by atoms with Crippen LogP contribution in [0.25, 0.3) is 0 Å². The van der Waals surface area contributed by atoms with Crippen LogP contribution in [0.5, 0.6) is 0 Å². The average molecular weight is 362 g/mol. The van der Waals surface area contributed by atoms with Gasteiger partial charge in [-0.05, 0) is 48.4 Å². The van der Waals surface area contributed by atoms with Gasteiger partial charge in [-0.3, -0.25) is 4.79 Å². The first-order valence-corrected chi connectivity index (χ1v) is 9.90. The molecule has 1 aliphatic carbocycles. The second kappa shape index (κ2) is 8.05. The van der Waals surface area contributed by atoms with Crippen molar-refractivity contribution < 1.29 is 14.3 Å². The van der Waals surface area contributed by atoms with Crippen LogP contribution in [-0.4, -0.2) is 41.1 Å². The molecule has 1 atom stereocenters. The molecule has 0 saturated heterocycles. The van der Waals surface area contributed by atoms with E-state index < -0.39 is 5.60 Å². The zero-order chi connectivity index (χ0) is 18.7. The van der Waals surface area contributed by atoms with Gasteiger partial charge in [0, 0.05) is 13.1 Å². The predicted molar refractivity (Wildman–Crippen MR) is 100 cm³/mol. The Morgan fingerprint density at radius 3 is 2.77 bits per heavy atom. The number of amides is 1. The van der Waals surface area contributed by atoms with Gasteiger partial charge >= 0.3 is 0 Å². The van der Waals surface area contributed by atoms with Crippen molar-refractivity contribution in [3.63, 3.8) is 0 Å². The van der Waals surface area contributed by atoms with Crippen LogP contribution in [0.3, 0.4) is 0 Å². The van der Waals surface area contributed by atoms with Gasteiger partial charge < -0.3 is 15.3 Å². The standard InChI is InChI=1S/C21H31FN2O2/c1-15(2)20-18-7-6-17(22)12-16(18)8-11-24(20)19(25)13-23-14-21(26)9-4-3-5-10-21/h6-7,12,15,20,23,26H,3-5,8-11,13-14H2,1-2H3. The maximum atomic E-state index is 13.5. The third-order valence-corrected chi connectivity index (χ3v) is 5.85. The third kappa shape index (κ3) is 4.26. The molecule has 2 N–H and O–H groups in total. The number of benzene rings is 1. The monoisotopic (exact) mass is 362 g/mol. The molecule has 0 spiro atoms. The number of halogens is 1. The summed E-state index contributed by atoms with van der Waals surface area (Å²) in [6.45, 7) is 5.52. The second-order valence-corrected chi connectivity index (χ2v) is 8.26. The molecule has 144 valence electrons. The van der Waals surface area contributed by atoms with E-state index in [0.717, 1.165) is 36.8 Å². The van der Waals surface area contributed by atoms with Crippen molar-refractivity contribution in [2.75, 3.05) is 19.6 Å². The number of hydrogen-bond donors (Lipinski definition) is 2. The van der Waals surface area contributed by atoms with Crippen molar-refractivity contribution in [3.8, 4) is 0 Å². The third-order valence-electron chi connectivity index (χ3n) is 5.85. The average Bonchev–Trinajstić information content (AvgIpc) is 2.60. The first kappa shape index (κ1) is 19.3. The molecule has 0 bridgehead atoms. The molecule has 5 heteroatoms. The van der Waals surface area contributed by atoms with Crippen LogP contribution >= 0.6 is 0 Å². The van der Waals surface area contributed by atoms with Crippen LogP contribution in [0.2, 0.25) is 0 Å². The SMILES string of the molecule is CC(C)C1c2ccc(F)cc2CCN1C(=O)CNCC1(O)CCCCC1. The van der Waals surface area contributed by atoms with Crippen molar-refractivity contribution in [2.24, 2.45) is 5.92 Å². The molecule has 1 fully saturated rings. The van der Waals surface area contributed by atoms with Crippen molar-refractivity contribution in [2.45, 2.75) is 64.0 Å². The van der Waals surface area contributed by atoms with Gasteiger partial charge in [-0.2, -0.15) is 0 Å². The summed E-state index contributed by atoms with van der Waals surface area (Å²) >= 11 is 0. The summed E-state index contributed by atoms with van der Waals surface area (Å²) in [5.41, 5.74) is 1.41. The summed E-state index contributed by atoms with van der Waals surface area (Å²) in [6, 6.07) is 4.89. The van der Waals surface area contributed by atoms with Gasteiger partial charge in [-0.15, -0.1) is 0 Å². The predicted octanol–water partition coefficient (Wildman–Crippen LogP) is 3.19. The molecule has 0 aromatic heterocycles. The summed E-state index contributed by atoms with van der Waals surface area (Å²) in [4.78, 5) is 14.8. The van der Waals surface area contributed by atoms with E-state index >= 15 is 0 Å². The van der Waals surface area contributed by atoms with Crippen LogP contribution in [0.15, 0.2) is 18.2 Å². The van der Waals surface area contributed by atoms with Crippen molar-refractivity contribution >= 4 is 5.91 Å². The topological polar surface area (TPSA) is 52.6 Å². The molecule has 1 unspecified atom stereocenters. The normalized spacial score (nSPS) is 22.3. The number of carbonyl (C=O) groups excluding carboxylic acids is 1. The Kier molecular flexibility index (Phi) is 5.98. The van der Waals surface area contributed by atoms with Crippen molar-refractivity contribution in [1.29, 1.82) is 0 Å². The largest absolute Gasteiger partial charge is 0.389 e. The number of rotatable bonds is 5. The Labute approximate surface area is 155 Å². The highest BCUT2D eigenvalue weighted by Crippen LogP contribution is 2.35. The molecule has 1 aromatic rings. The number of aliphatic hydroxyl groups is 1. The van der Waals surface area contributed by atoms with Gasteiger partial charge in [0.15, 0.2) is 0 Å². The number of nitrogens with one attached hydrogen (secondary N) is 1. The molecular formula is C21H31FN2O2. The van der Waals surface area contributed by atoms with E-state index in [9.17, 15) is 14.3 Å². The first-order chi connectivity index (χ1) is 12.4. The van der Waals surface area contributed by atoms with Crippen LogP contribution in [0.4, 0.5) is 4.39 Å². The van der Waals surface area contributed by atoms with E-state index in [0.29, 0.717) is 19.5 Å². The molecule has 1 heterocycles. The maximum absolute atomic E-state index is 13.5. The molecule has 1 aliphatic heterocycles. The highest BCUT2D eigenvalue weighted by Gasteiger charge is 2.33. The fourth-order valence-electron chi connectivity index (χ4n) is 4.52. The van der Waals surface area contributed by atoms with Crippen LogP contribution in [0, 0.1) is 11.7 Å². The van der Waals surface area contributed by atoms with E-state index in [-0.39, 0.29) is 30.2 Å². The minimum Gasteiger partial charge on any atom is -0.389 e. The molecule has 1 aromatic carbocycles. The number of fused-ring (bicyclic) bond motifs is 1. The second-order valence-electron chi connectivity index (χ2n) is 8.26. The maximum Gasteiger partial charge on any atom is 0.237 e. The Morgan fingerprint density at radius 1 is 1.35 bits per heavy atom. The summed E-state index contributed by atoms with van der Waals surface area (Å²) in [5.74, 6) is 0.0949. The lowest BCUT2D eigenvalue weighted by Gasteiger charge is -2.40. The molecule has 1 saturated carbocycles. The molecule has 0 radical (unpaired) electrons. The van der Waals surface area contributed by atoms with Gasteiger partial charge in [-0.1, -0.05) is 39.2 Å². The van der Waals surface area contributed by atoms with Crippen LogP contribution in [-0.2, 0) is 11.2 Å². The van der Waals surface area contributed by atoms with E-state index in [4.69, 9.17) is 0 Å². The Bertz CT molecular complexity index is 641. The zero-order valence-corrected chi connectivity index (χ0v) is 15.9. The van der Waals surface area contributed by atoms with Gasteiger partial charge in [-0.25, -0.2) is 4.39 Å². The van der Waals surface area contributed by atoms with Gasteiger partial charge in [0.1, 0.15) is 5.82 Å². The van der Waals surface area contributed by atoms with E-state index in [1.54, 1.807) is 6.07 Å². The molecule has 26 heavy (non-hydrogen) atoms. The summed E-state index contributed by atoms with van der Waals surface area (Å²) in [5, 5.41) is 13.8. The zero-order valence-electron chi connectivity index (χ0n) is 15.9. The Balaban J connectivity index is 1.64. The lowest BCUT2D eigenvalue weighted by atomic mass is 9.85. The fourth-order valence-corrected chi connectivity index (χ4v) is 4.52. The Morgan fingerprint density at radius 2 is 2.08 bits per heavy atom. The van der Waals surface area contributed by atoms with E-state index in [2.05, 4.69) is 19.2 Å². The first-order valence-electron chi connectivity index (χ1n) is 9.90. The number of hydrogen-bond acceptors (Lipinski definition) is 3. The lowest BCUT2D eigenvalue weighted by Crippen LogP contribution is -2.49. The lowest BCUT2D eigenvalue weighted by molar-refractivity contribution is -0.134. The van der Waals surface area contributed by atoms with Crippen molar-refractivity contribution in [1.82, 2.24) is 10.2 Å².